The van der Waals surface area contributed by atoms with Crippen molar-refractivity contribution >= 4 is 34.1 Å². The monoisotopic (exact) mass is 543 g/mol. The van der Waals surface area contributed by atoms with Crippen molar-refractivity contribution in [2.24, 2.45) is 0 Å². The highest BCUT2D eigenvalue weighted by molar-refractivity contribution is 7.15. The van der Waals surface area contributed by atoms with E-state index in [1.165, 1.54) is 17.4 Å². The predicted octanol–water partition coefficient (Wildman–Crippen LogP) is 4.90. The van der Waals surface area contributed by atoms with Crippen LogP contribution >= 0.6 is 11.3 Å². The number of fused-ring (bicyclic) bond motifs is 1. The average Bonchev–Trinajstić information content (AvgIpc) is 3.34. The highest BCUT2D eigenvalue weighted by Gasteiger charge is 2.35. The number of hydrogen-bond acceptors (Lipinski definition) is 6. The minimum absolute atomic E-state index is 0.0123. The Kier molecular flexibility index (Phi) is 7.64. The fourth-order valence-electron chi connectivity index (χ4n) is 4.91. The van der Waals surface area contributed by atoms with E-state index >= 15 is 0 Å². The van der Waals surface area contributed by atoms with Crippen LogP contribution in [0.1, 0.15) is 46.9 Å². The van der Waals surface area contributed by atoms with Gasteiger partial charge in [-0.3, -0.25) is 9.59 Å². The van der Waals surface area contributed by atoms with Crippen LogP contribution in [-0.2, 0) is 28.6 Å². The lowest BCUT2D eigenvalue weighted by atomic mass is 9.89. The van der Waals surface area contributed by atoms with Crippen LogP contribution in [0.4, 0.5) is 24.1 Å². The molecular weight excluding hydrogens is 515 g/mol. The van der Waals surface area contributed by atoms with Crippen LogP contribution < -0.4 is 10.2 Å². The number of halogens is 3. The smallest absolute Gasteiger partial charge is 0.353 e. The maximum atomic E-state index is 13.4. The third kappa shape index (κ3) is 5.98. The molecule has 3 aromatic rings. The van der Waals surface area contributed by atoms with Crippen molar-refractivity contribution in [1.29, 1.82) is 0 Å². The lowest BCUT2D eigenvalue weighted by molar-refractivity contribution is -0.138. The number of nitrogens with zero attached hydrogens (tertiary/aromatic N) is 4. The zero-order chi connectivity index (χ0) is 26.7. The minimum Gasteiger partial charge on any atom is -0.353 e. The van der Waals surface area contributed by atoms with E-state index in [0.717, 1.165) is 41.2 Å². The van der Waals surface area contributed by atoms with Crippen molar-refractivity contribution < 1.29 is 22.8 Å². The number of piperazine rings is 1. The number of carbonyl (C=O) groups is 2. The third-order valence-corrected chi connectivity index (χ3v) is 8.02. The average molecular weight is 544 g/mol. The minimum atomic E-state index is -4.42. The van der Waals surface area contributed by atoms with E-state index in [4.69, 9.17) is 0 Å². The van der Waals surface area contributed by atoms with Gasteiger partial charge in [0.2, 0.25) is 11.8 Å². The topological polar surface area (TPSA) is 78.4 Å². The number of alkyl halides is 3. The molecule has 1 unspecified atom stereocenters. The zero-order valence-electron chi connectivity index (χ0n) is 20.7. The van der Waals surface area contributed by atoms with Crippen molar-refractivity contribution in [2.45, 2.75) is 44.2 Å². The van der Waals surface area contributed by atoms with E-state index < -0.39 is 11.7 Å². The Hall–Kier alpha value is -3.47. The van der Waals surface area contributed by atoms with Gasteiger partial charge < -0.3 is 15.1 Å². The number of benzene rings is 1. The fraction of sp³-hybridized carbons (Fsp3) is 0.407. The summed E-state index contributed by atoms with van der Waals surface area (Å²) in [5.41, 5.74) is 1.08. The molecule has 1 saturated heterocycles. The Morgan fingerprint density at radius 2 is 1.82 bits per heavy atom. The highest BCUT2D eigenvalue weighted by atomic mass is 32.1. The molecule has 1 fully saturated rings. The Morgan fingerprint density at radius 3 is 2.50 bits per heavy atom. The van der Waals surface area contributed by atoms with Crippen molar-refractivity contribution in [3.05, 3.63) is 70.4 Å². The first-order valence-electron chi connectivity index (χ1n) is 12.7. The molecule has 1 aliphatic heterocycles. The van der Waals surface area contributed by atoms with E-state index in [1.54, 1.807) is 4.90 Å². The number of pyridine rings is 1. The van der Waals surface area contributed by atoms with Gasteiger partial charge in [0.05, 0.1) is 17.2 Å². The number of amides is 2. The normalized spacial score (nSPS) is 17.7. The second-order valence-corrected chi connectivity index (χ2v) is 10.6. The Bertz CT molecular complexity index is 1270. The Balaban J connectivity index is 1.17. The first-order chi connectivity index (χ1) is 18.3. The van der Waals surface area contributed by atoms with Crippen LogP contribution in [0.5, 0.6) is 0 Å². The second kappa shape index (κ2) is 11.1. The zero-order valence-corrected chi connectivity index (χ0v) is 21.5. The molecule has 3 heterocycles. The summed E-state index contributed by atoms with van der Waals surface area (Å²) in [5, 5.41) is 3.44. The van der Waals surface area contributed by atoms with Crippen LogP contribution in [0.25, 0.3) is 0 Å². The van der Waals surface area contributed by atoms with Crippen molar-refractivity contribution in [3.63, 3.8) is 0 Å². The standard InChI is InChI=1S/C27H28F3N5O2S/c28-27(29,30)19-10-11-22(31-17-19)34-13-15-35(16-14-34)25(37)20-7-4-8-21-24(20)33-26(38-21)32-23(36)12-9-18-5-2-1-3-6-18/h1-3,5-6,10-11,17,20H,4,7-9,12-16H2,(H,32,33,36). The number of aromatic nitrogens is 2. The van der Waals surface area contributed by atoms with Gasteiger partial charge in [-0.25, -0.2) is 9.97 Å². The molecule has 0 bridgehead atoms. The van der Waals surface area contributed by atoms with E-state index in [2.05, 4.69) is 15.3 Å². The number of hydrogen-bond donors (Lipinski definition) is 1. The lowest BCUT2D eigenvalue weighted by Crippen LogP contribution is -2.50. The van der Waals surface area contributed by atoms with Crippen LogP contribution in [0.2, 0.25) is 0 Å². The summed E-state index contributed by atoms with van der Waals surface area (Å²) >= 11 is 1.44. The van der Waals surface area contributed by atoms with Gasteiger partial charge in [-0.05, 0) is 43.4 Å². The number of nitrogens with one attached hydrogen (secondary N) is 1. The SMILES string of the molecule is O=C(CCc1ccccc1)Nc1nc2c(s1)CCCC2C(=O)N1CCN(c2ccc(C(F)(F)F)cn2)CC1. The van der Waals surface area contributed by atoms with Gasteiger partial charge in [0, 0.05) is 43.7 Å². The van der Waals surface area contributed by atoms with Gasteiger partial charge in [0.15, 0.2) is 5.13 Å². The van der Waals surface area contributed by atoms with E-state index in [9.17, 15) is 22.8 Å². The van der Waals surface area contributed by atoms with E-state index in [1.807, 2.05) is 35.2 Å². The van der Waals surface area contributed by atoms with E-state index in [0.29, 0.717) is 56.4 Å². The molecule has 2 aromatic heterocycles. The van der Waals surface area contributed by atoms with Crippen molar-refractivity contribution in [3.8, 4) is 0 Å². The molecule has 0 saturated carbocycles. The van der Waals surface area contributed by atoms with Gasteiger partial charge >= 0.3 is 6.18 Å². The van der Waals surface area contributed by atoms with Crippen LogP contribution in [0.3, 0.4) is 0 Å². The molecule has 5 rings (SSSR count). The Morgan fingerprint density at radius 1 is 1.05 bits per heavy atom. The summed E-state index contributed by atoms with van der Waals surface area (Å²) in [5.74, 6) is 0.0342. The molecule has 2 amide bonds. The molecule has 200 valence electrons. The quantitative estimate of drug-likeness (QED) is 0.479. The van der Waals surface area contributed by atoms with E-state index in [-0.39, 0.29) is 17.7 Å². The lowest BCUT2D eigenvalue weighted by Gasteiger charge is -2.37. The summed E-state index contributed by atoms with van der Waals surface area (Å²) < 4.78 is 38.5. The predicted molar refractivity (Wildman–Crippen MR) is 139 cm³/mol. The summed E-state index contributed by atoms with van der Waals surface area (Å²) in [4.78, 5) is 39.3. The van der Waals surface area contributed by atoms with Gasteiger partial charge in [-0.1, -0.05) is 30.3 Å². The first-order valence-corrected chi connectivity index (χ1v) is 13.5. The number of anilines is 2. The van der Waals surface area contributed by atoms with Gasteiger partial charge in [0.1, 0.15) is 5.82 Å². The first kappa shape index (κ1) is 26.1. The van der Waals surface area contributed by atoms with Gasteiger partial charge in [-0.15, -0.1) is 11.3 Å². The molecule has 2 aliphatic rings. The fourth-order valence-corrected chi connectivity index (χ4v) is 5.99. The molecule has 38 heavy (non-hydrogen) atoms. The second-order valence-electron chi connectivity index (χ2n) is 9.52. The molecule has 1 atom stereocenters. The molecule has 7 nitrogen and oxygen atoms in total. The Labute approximate surface area is 222 Å². The molecular formula is C27H28F3N5O2S. The highest BCUT2D eigenvalue weighted by Crippen LogP contribution is 2.38. The number of thiazole rings is 1. The largest absolute Gasteiger partial charge is 0.417 e. The summed E-state index contributed by atoms with van der Waals surface area (Å²) in [6.07, 6.45) is -0.154. The third-order valence-electron chi connectivity index (χ3n) is 6.97. The van der Waals surface area contributed by atoms with Crippen molar-refractivity contribution in [2.75, 3.05) is 36.4 Å². The summed E-state index contributed by atoms with van der Waals surface area (Å²) in [6, 6.07) is 12.2. The number of carbonyl (C=O) groups excluding carboxylic acids is 2. The van der Waals surface area contributed by atoms with Gasteiger partial charge in [-0.2, -0.15) is 13.2 Å². The maximum absolute atomic E-state index is 13.4. The summed E-state index contributed by atoms with van der Waals surface area (Å²) in [7, 11) is 0. The van der Waals surface area contributed by atoms with Crippen LogP contribution in [0.15, 0.2) is 48.7 Å². The maximum Gasteiger partial charge on any atom is 0.417 e. The van der Waals surface area contributed by atoms with Crippen LogP contribution in [0, 0.1) is 0 Å². The molecule has 1 N–H and O–H groups in total. The van der Waals surface area contributed by atoms with Crippen LogP contribution in [-0.4, -0.2) is 52.9 Å². The molecule has 0 spiro atoms. The summed E-state index contributed by atoms with van der Waals surface area (Å²) in [6.45, 7) is 1.90. The van der Waals surface area contributed by atoms with Gasteiger partial charge in [0.25, 0.3) is 0 Å². The molecule has 11 heteroatoms. The van der Waals surface area contributed by atoms with Crippen molar-refractivity contribution in [1.82, 2.24) is 14.9 Å². The number of rotatable bonds is 6. The molecule has 0 radical (unpaired) electrons. The molecule has 1 aromatic carbocycles. The number of aryl methyl sites for hydroxylation is 2. The molecule has 1 aliphatic carbocycles.